The number of hydrogen-bond acceptors (Lipinski definition) is 4. The van der Waals surface area contributed by atoms with Gasteiger partial charge in [-0.3, -0.25) is 0 Å². The summed E-state index contributed by atoms with van der Waals surface area (Å²) in [6, 6.07) is 3.92. The van der Waals surface area contributed by atoms with Crippen LogP contribution in [0.15, 0.2) is 18.3 Å². The average Bonchev–Trinajstić information content (AvgIpc) is 2.89. The van der Waals surface area contributed by atoms with E-state index in [0.29, 0.717) is 0 Å². The van der Waals surface area contributed by atoms with Crippen molar-refractivity contribution >= 4 is 5.82 Å². The summed E-state index contributed by atoms with van der Waals surface area (Å²) in [7, 11) is 2.07. The number of nitrogens with zero attached hydrogens (tertiary/aromatic N) is 3. The molecule has 0 saturated carbocycles. The van der Waals surface area contributed by atoms with Crippen LogP contribution in [0.4, 0.5) is 5.82 Å². The summed E-state index contributed by atoms with van der Waals surface area (Å²) >= 11 is 0. The van der Waals surface area contributed by atoms with Crippen LogP contribution in [0.2, 0.25) is 0 Å². The van der Waals surface area contributed by atoms with E-state index in [0.717, 1.165) is 24.5 Å². The Balaban J connectivity index is 1.85. The van der Waals surface area contributed by atoms with Gasteiger partial charge in [-0.15, -0.1) is 0 Å². The molecule has 0 bridgehead atoms. The minimum atomic E-state index is -0.443. The Morgan fingerprint density at radius 3 is 2.67 bits per heavy atom. The number of aliphatic hydroxyl groups is 1. The van der Waals surface area contributed by atoms with Gasteiger partial charge in [0.1, 0.15) is 5.82 Å². The molecule has 18 heavy (non-hydrogen) atoms. The van der Waals surface area contributed by atoms with Gasteiger partial charge in [0.15, 0.2) is 0 Å². The Labute approximate surface area is 109 Å². The predicted octanol–water partition coefficient (Wildman–Crippen LogP) is 1.67. The van der Waals surface area contributed by atoms with Crippen LogP contribution in [-0.4, -0.2) is 48.2 Å². The number of aromatic nitrogens is 1. The van der Waals surface area contributed by atoms with Crippen LogP contribution < -0.4 is 4.90 Å². The maximum Gasteiger partial charge on any atom is 0.128 e. The molecule has 1 unspecified atom stereocenters. The Morgan fingerprint density at radius 2 is 2.11 bits per heavy atom. The fourth-order valence-electron chi connectivity index (χ4n) is 2.28. The summed E-state index contributed by atoms with van der Waals surface area (Å²) in [6.45, 7) is 6.34. The van der Waals surface area contributed by atoms with Crippen molar-refractivity contribution < 1.29 is 5.11 Å². The fraction of sp³-hybridized carbons (Fsp3) is 0.643. The van der Waals surface area contributed by atoms with Gasteiger partial charge < -0.3 is 14.9 Å². The molecule has 1 N–H and O–H groups in total. The quantitative estimate of drug-likeness (QED) is 0.861. The molecular formula is C14H23N3O. The van der Waals surface area contributed by atoms with Gasteiger partial charge in [-0.05, 0) is 44.5 Å². The summed E-state index contributed by atoms with van der Waals surface area (Å²) in [4.78, 5) is 9.06. The molecule has 0 aromatic carbocycles. The largest absolute Gasteiger partial charge is 0.389 e. The number of hydrogen-bond donors (Lipinski definition) is 1. The first kappa shape index (κ1) is 13.3. The topological polar surface area (TPSA) is 39.6 Å². The van der Waals surface area contributed by atoms with E-state index in [-0.39, 0.29) is 0 Å². The number of aliphatic hydroxyl groups excluding tert-OH is 1. The molecule has 0 aliphatic carbocycles. The smallest absolute Gasteiger partial charge is 0.128 e. The molecule has 4 heteroatoms. The Kier molecular flexibility index (Phi) is 4.55. The second kappa shape index (κ2) is 6.16. The van der Waals surface area contributed by atoms with Crippen molar-refractivity contribution in [1.82, 2.24) is 9.88 Å². The molecule has 1 saturated heterocycles. The molecule has 100 valence electrons. The van der Waals surface area contributed by atoms with Gasteiger partial charge in [0, 0.05) is 26.3 Å². The number of anilines is 1. The van der Waals surface area contributed by atoms with Gasteiger partial charge >= 0.3 is 0 Å². The molecule has 1 aliphatic rings. The fourth-order valence-corrected chi connectivity index (χ4v) is 2.28. The van der Waals surface area contributed by atoms with E-state index in [1.54, 1.807) is 13.1 Å². The third-order valence-corrected chi connectivity index (χ3v) is 3.59. The van der Waals surface area contributed by atoms with E-state index in [4.69, 9.17) is 0 Å². The molecule has 1 aromatic rings. The van der Waals surface area contributed by atoms with Crippen molar-refractivity contribution in [2.45, 2.75) is 25.9 Å². The molecule has 2 heterocycles. The molecule has 1 fully saturated rings. The maximum absolute atomic E-state index is 9.44. The highest BCUT2D eigenvalue weighted by atomic mass is 16.3. The predicted molar refractivity (Wildman–Crippen MR) is 73.8 cm³/mol. The maximum atomic E-state index is 9.44. The van der Waals surface area contributed by atoms with E-state index >= 15 is 0 Å². The van der Waals surface area contributed by atoms with Crippen molar-refractivity contribution in [1.29, 1.82) is 0 Å². The molecule has 4 nitrogen and oxygen atoms in total. The van der Waals surface area contributed by atoms with Gasteiger partial charge in [0.05, 0.1) is 6.10 Å². The third-order valence-electron chi connectivity index (χ3n) is 3.59. The molecule has 1 atom stereocenters. The first-order valence-electron chi connectivity index (χ1n) is 6.74. The van der Waals surface area contributed by atoms with Crippen LogP contribution >= 0.6 is 0 Å². The van der Waals surface area contributed by atoms with E-state index in [1.807, 2.05) is 12.1 Å². The summed E-state index contributed by atoms with van der Waals surface area (Å²) in [5.74, 6) is 0.971. The highest BCUT2D eigenvalue weighted by molar-refractivity contribution is 5.38. The minimum absolute atomic E-state index is 0.443. The Morgan fingerprint density at radius 1 is 1.39 bits per heavy atom. The number of rotatable bonds is 5. The second-order valence-electron chi connectivity index (χ2n) is 5.10. The van der Waals surface area contributed by atoms with Gasteiger partial charge in [-0.2, -0.15) is 0 Å². The first-order chi connectivity index (χ1) is 8.66. The highest BCUT2D eigenvalue weighted by Gasteiger charge is 2.12. The van der Waals surface area contributed by atoms with Crippen LogP contribution in [0.5, 0.6) is 0 Å². The highest BCUT2D eigenvalue weighted by Crippen LogP contribution is 2.15. The SMILES string of the molecule is CC(O)c1ccc(N(C)CCN2CCCC2)nc1. The molecule has 0 spiro atoms. The van der Waals surface area contributed by atoms with Crippen molar-refractivity contribution in [3.05, 3.63) is 23.9 Å². The first-order valence-corrected chi connectivity index (χ1v) is 6.74. The van der Waals surface area contributed by atoms with Crippen LogP contribution in [0, 0.1) is 0 Å². The van der Waals surface area contributed by atoms with Crippen molar-refractivity contribution in [3.8, 4) is 0 Å². The lowest BCUT2D eigenvalue weighted by molar-refractivity contribution is 0.199. The number of pyridine rings is 1. The summed E-state index contributed by atoms with van der Waals surface area (Å²) in [5, 5.41) is 9.44. The molecule has 0 amide bonds. The van der Waals surface area contributed by atoms with Crippen molar-refractivity contribution in [2.24, 2.45) is 0 Å². The zero-order valence-electron chi connectivity index (χ0n) is 11.3. The Hall–Kier alpha value is -1.13. The minimum Gasteiger partial charge on any atom is -0.389 e. The van der Waals surface area contributed by atoms with E-state index in [2.05, 4.69) is 21.8 Å². The summed E-state index contributed by atoms with van der Waals surface area (Å²) in [6.07, 6.45) is 3.99. The number of likely N-dealkylation sites (tertiary alicyclic amines) is 1. The van der Waals surface area contributed by atoms with Crippen molar-refractivity contribution in [3.63, 3.8) is 0 Å². The van der Waals surface area contributed by atoms with Gasteiger partial charge in [-0.1, -0.05) is 6.07 Å². The molecule has 1 aromatic heterocycles. The lowest BCUT2D eigenvalue weighted by atomic mass is 10.2. The van der Waals surface area contributed by atoms with Gasteiger partial charge in [-0.25, -0.2) is 4.98 Å². The third kappa shape index (κ3) is 3.43. The van der Waals surface area contributed by atoms with Crippen LogP contribution in [0.1, 0.15) is 31.4 Å². The normalized spacial score (nSPS) is 17.9. The van der Waals surface area contributed by atoms with E-state index < -0.39 is 6.10 Å². The van der Waals surface area contributed by atoms with Crippen molar-refractivity contribution in [2.75, 3.05) is 38.1 Å². The number of likely N-dealkylation sites (N-methyl/N-ethyl adjacent to an activating group) is 1. The van der Waals surface area contributed by atoms with Crippen LogP contribution in [0.25, 0.3) is 0 Å². The van der Waals surface area contributed by atoms with Gasteiger partial charge in [0.25, 0.3) is 0 Å². The molecule has 1 aliphatic heterocycles. The monoisotopic (exact) mass is 249 g/mol. The lowest BCUT2D eigenvalue weighted by Gasteiger charge is -2.22. The van der Waals surface area contributed by atoms with Crippen LogP contribution in [-0.2, 0) is 0 Å². The van der Waals surface area contributed by atoms with Gasteiger partial charge in [0.2, 0.25) is 0 Å². The average molecular weight is 249 g/mol. The summed E-state index contributed by atoms with van der Waals surface area (Å²) in [5.41, 5.74) is 0.867. The molecular weight excluding hydrogens is 226 g/mol. The van der Waals surface area contributed by atoms with E-state index in [9.17, 15) is 5.11 Å². The summed E-state index contributed by atoms with van der Waals surface area (Å²) < 4.78 is 0. The standard InChI is InChI=1S/C14H23N3O/c1-12(18)13-5-6-14(15-11-13)16(2)9-10-17-7-3-4-8-17/h5-6,11-12,18H,3-4,7-10H2,1-2H3. The second-order valence-corrected chi connectivity index (χ2v) is 5.10. The van der Waals surface area contributed by atoms with E-state index in [1.165, 1.54) is 25.9 Å². The molecule has 2 rings (SSSR count). The zero-order chi connectivity index (χ0) is 13.0. The Bertz CT molecular complexity index is 358. The van der Waals surface area contributed by atoms with Crippen LogP contribution in [0.3, 0.4) is 0 Å². The lowest BCUT2D eigenvalue weighted by Crippen LogP contribution is -2.31. The zero-order valence-corrected chi connectivity index (χ0v) is 11.3. The molecule has 0 radical (unpaired) electrons.